The van der Waals surface area contributed by atoms with E-state index in [0.29, 0.717) is 13.0 Å². The summed E-state index contributed by atoms with van der Waals surface area (Å²) < 4.78 is 26.4. The van der Waals surface area contributed by atoms with Crippen molar-refractivity contribution in [1.82, 2.24) is 4.31 Å². The highest BCUT2D eigenvalue weighted by molar-refractivity contribution is 7.89. The van der Waals surface area contributed by atoms with Crippen molar-refractivity contribution in [1.29, 1.82) is 0 Å². The summed E-state index contributed by atoms with van der Waals surface area (Å²) in [6.45, 7) is 0.353. The molecule has 1 aromatic rings. The number of aliphatic hydroxyl groups is 1. The summed E-state index contributed by atoms with van der Waals surface area (Å²) in [4.78, 5) is 9.92. The Morgan fingerprint density at radius 2 is 2.19 bits per heavy atom. The largest absolute Gasteiger partial charge is 0.396 e. The summed E-state index contributed by atoms with van der Waals surface area (Å²) in [6.07, 6.45) is 1.36. The Morgan fingerprint density at radius 3 is 2.81 bits per heavy atom. The molecular formula is C12H15ClN2O5S. The van der Waals surface area contributed by atoms with E-state index < -0.39 is 20.6 Å². The van der Waals surface area contributed by atoms with Gasteiger partial charge < -0.3 is 5.11 Å². The average Bonchev–Trinajstić information content (AvgIpc) is 2.46. The lowest BCUT2D eigenvalue weighted by Gasteiger charge is -2.30. The topological polar surface area (TPSA) is 101 Å². The molecule has 1 unspecified atom stereocenters. The normalized spacial score (nSPS) is 20.4. The van der Waals surface area contributed by atoms with Gasteiger partial charge in [0.25, 0.3) is 5.69 Å². The molecule has 1 atom stereocenters. The number of nitro groups is 1. The Kier molecular flexibility index (Phi) is 4.82. The highest BCUT2D eigenvalue weighted by atomic mass is 35.5. The molecule has 116 valence electrons. The smallest absolute Gasteiger partial charge is 0.290 e. The van der Waals surface area contributed by atoms with Crippen molar-refractivity contribution in [3.05, 3.63) is 33.3 Å². The summed E-state index contributed by atoms with van der Waals surface area (Å²) in [5.41, 5.74) is -0.534. The van der Waals surface area contributed by atoms with Gasteiger partial charge in [-0.25, -0.2) is 8.42 Å². The zero-order chi connectivity index (χ0) is 15.6. The van der Waals surface area contributed by atoms with Gasteiger partial charge in [-0.2, -0.15) is 4.31 Å². The third-order valence-corrected chi connectivity index (χ3v) is 5.62. The highest BCUT2D eigenvalue weighted by Gasteiger charge is 2.34. The Morgan fingerprint density at radius 1 is 1.48 bits per heavy atom. The number of halogens is 1. The van der Waals surface area contributed by atoms with E-state index in [4.69, 9.17) is 11.6 Å². The van der Waals surface area contributed by atoms with Crippen molar-refractivity contribution in [2.45, 2.75) is 17.7 Å². The molecule has 0 aliphatic carbocycles. The summed E-state index contributed by atoms with van der Waals surface area (Å²) in [7, 11) is -3.98. The van der Waals surface area contributed by atoms with E-state index >= 15 is 0 Å². The van der Waals surface area contributed by atoms with Gasteiger partial charge in [0.05, 0.1) is 4.92 Å². The maximum atomic E-state index is 12.6. The van der Waals surface area contributed by atoms with Crippen molar-refractivity contribution in [2.24, 2.45) is 5.92 Å². The second-order valence-electron chi connectivity index (χ2n) is 4.92. The monoisotopic (exact) mass is 334 g/mol. The molecule has 0 radical (unpaired) electrons. The number of rotatable bonds is 4. The first kappa shape index (κ1) is 16.2. The minimum absolute atomic E-state index is 0.102. The Bertz CT molecular complexity index is 649. The van der Waals surface area contributed by atoms with Crippen LogP contribution in [0.2, 0.25) is 5.02 Å². The molecule has 1 aromatic carbocycles. The molecule has 7 nitrogen and oxygen atoms in total. The molecule has 2 rings (SSSR count). The van der Waals surface area contributed by atoms with E-state index in [-0.39, 0.29) is 29.0 Å². The van der Waals surface area contributed by atoms with Crippen LogP contribution in [-0.2, 0) is 10.0 Å². The number of aliphatic hydroxyl groups excluding tert-OH is 1. The fourth-order valence-corrected chi connectivity index (χ4v) is 4.24. The van der Waals surface area contributed by atoms with Crippen LogP contribution in [0, 0.1) is 16.0 Å². The van der Waals surface area contributed by atoms with Gasteiger partial charge in [0.2, 0.25) is 10.0 Å². The van der Waals surface area contributed by atoms with Gasteiger partial charge in [-0.1, -0.05) is 11.6 Å². The Labute approximate surface area is 127 Å². The van der Waals surface area contributed by atoms with Gasteiger partial charge >= 0.3 is 0 Å². The maximum absolute atomic E-state index is 12.6. The third-order valence-electron chi connectivity index (χ3n) is 3.48. The Balaban J connectivity index is 2.42. The molecule has 0 aromatic heterocycles. The highest BCUT2D eigenvalue weighted by Crippen LogP contribution is 2.31. The molecule has 1 aliphatic heterocycles. The lowest BCUT2D eigenvalue weighted by molar-refractivity contribution is -0.387. The van der Waals surface area contributed by atoms with Crippen LogP contribution in [0.1, 0.15) is 12.8 Å². The quantitative estimate of drug-likeness (QED) is 0.666. The number of hydrogen-bond donors (Lipinski definition) is 1. The van der Waals surface area contributed by atoms with Crippen molar-refractivity contribution < 1.29 is 18.4 Å². The molecular weight excluding hydrogens is 320 g/mol. The number of nitro benzene ring substituents is 1. The van der Waals surface area contributed by atoms with Crippen LogP contribution in [0.3, 0.4) is 0 Å². The summed E-state index contributed by atoms with van der Waals surface area (Å²) in [5, 5.41) is 20.3. The van der Waals surface area contributed by atoms with Gasteiger partial charge in [0.15, 0.2) is 4.90 Å². The zero-order valence-corrected chi connectivity index (χ0v) is 12.7. The fraction of sp³-hybridized carbons (Fsp3) is 0.500. The molecule has 0 amide bonds. The molecule has 1 heterocycles. The number of nitrogens with zero attached hydrogens (tertiary/aromatic N) is 2. The van der Waals surface area contributed by atoms with Crippen LogP contribution in [0.5, 0.6) is 0 Å². The van der Waals surface area contributed by atoms with Crippen LogP contribution >= 0.6 is 11.6 Å². The predicted molar refractivity (Wildman–Crippen MR) is 76.7 cm³/mol. The van der Waals surface area contributed by atoms with Gasteiger partial charge in [-0.3, -0.25) is 10.1 Å². The first-order chi connectivity index (χ1) is 9.86. The van der Waals surface area contributed by atoms with Crippen molar-refractivity contribution in [3.63, 3.8) is 0 Å². The molecule has 1 N–H and O–H groups in total. The first-order valence-corrected chi connectivity index (χ1v) is 8.23. The van der Waals surface area contributed by atoms with E-state index in [2.05, 4.69) is 0 Å². The second kappa shape index (κ2) is 6.27. The van der Waals surface area contributed by atoms with E-state index in [9.17, 15) is 23.6 Å². The minimum atomic E-state index is -3.98. The average molecular weight is 335 g/mol. The van der Waals surface area contributed by atoms with Crippen LogP contribution in [-0.4, -0.2) is 42.4 Å². The molecule has 1 fully saturated rings. The Hall–Kier alpha value is -1.22. The van der Waals surface area contributed by atoms with Crippen LogP contribution in [0.4, 0.5) is 5.69 Å². The molecule has 0 saturated carbocycles. The first-order valence-electron chi connectivity index (χ1n) is 6.41. The van der Waals surface area contributed by atoms with E-state index in [0.717, 1.165) is 18.6 Å². The maximum Gasteiger partial charge on any atom is 0.290 e. The van der Waals surface area contributed by atoms with Gasteiger partial charge in [0, 0.05) is 30.8 Å². The van der Waals surface area contributed by atoms with Gasteiger partial charge in [-0.05, 0) is 30.9 Å². The molecule has 1 saturated heterocycles. The van der Waals surface area contributed by atoms with Crippen LogP contribution in [0.15, 0.2) is 23.1 Å². The van der Waals surface area contributed by atoms with Crippen molar-refractivity contribution in [2.75, 3.05) is 19.7 Å². The molecule has 1 aliphatic rings. The summed E-state index contributed by atoms with van der Waals surface area (Å²) in [6, 6.07) is 3.50. The van der Waals surface area contributed by atoms with Crippen LogP contribution in [0.25, 0.3) is 0 Å². The van der Waals surface area contributed by atoms with Crippen molar-refractivity contribution >= 4 is 27.3 Å². The molecule has 0 spiro atoms. The van der Waals surface area contributed by atoms with E-state index in [1.165, 1.54) is 10.4 Å². The number of piperidine rings is 1. The lowest BCUT2D eigenvalue weighted by atomic mass is 10.0. The number of hydrogen-bond acceptors (Lipinski definition) is 5. The molecule has 9 heteroatoms. The molecule has 21 heavy (non-hydrogen) atoms. The lowest BCUT2D eigenvalue weighted by Crippen LogP contribution is -2.41. The molecule has 0 bridgehead atoms. The van der Waals surface area contributed by atoms with Crippen molar-refractivity contribution in [3.8, 4) is 0 Å². The van der Waals surface area contributed by atoms with Gasteiger partial charge in [-0.15, -0.1) is 0 Å². The zero-order valence-electron chi connectivity index (χ0n) is 11.1. The van der Waals surface area contributed by atoms with Gasteiger partial charge in [0.1, 0.15) is 0 Å². The minimum Gasteiger partial charge on any atom is -0.396 e. The van der Waals surface area contributed by atoms with E-state index in [1.54, 1.807) is 0 Å². The predicted octanol–water partition coefficient (Wildman–Crippen LogP) is 1.64. The standard InChI is InChI=1S/C12H15ClN2O5S/c13-10-3-4-12(11(6-10)15(17)18)21(19,20)14-5-1-2-9(7-14)8-16/h3-4,6,9,16H,1-2,5,7-8H2. The summed E-state index contributed by atoms with van der Waals surface area (Å²) in [5.74, 6) is -0.139. The van der Waals surface area contributed by atoms with Crippen LogP contribution < -0.4 is 0 Å². The summed E-state index contributed by atoms with van der Waals surface area (Å²) >= 11 is 5.70. The SMILES string of the molecule is O=[N+]([O-])c1cc(Cl)ccc1S(=O)(=O)N1CCCC(CO)C1. The number of sulfonamides is 1. The third kappa shape index (κ3) is 3.34. The fourth-order valence-electron chi connectivity index (χ4n) is 2.38. The number of benzene rings is 1. The van der Waals surface area contributed by atoms with E-state index in [1.807, 2.05) is 0 Å². The second-order valence-corrected chi connectivity index (χ2v) is 7.27.